The van der Waals surface area contributed by atoms with Gasteiger partial charge < -0.3 is 12.4 Å². The Balaban J connectivity index is 0. The van der Waals surface area contributed by atoms with Gasteiger partial charge in [0.1, 0.15) is 0 Å². The van der Waals surface area contributed by atoms with Crippen LogP contribution in [-0.4, -0.2) is 9.97 Å². The summed E-state index contributed by atoms with van der Waals surface area (Å²) in [6.07, 6.45) is 7.00. The molecule has 0 aliphatic rings. The molecule has 2 aromatic heterocycles. The van der Waals surface area contributed by atoms with Crippen LogP contribution in [-0.2, 0) is 17.1 Å². The van der Waals surface area contributed by atoms with Crippen LogP contribution in [0.25, 0.3) is 0 Å². The third-order valence-electron chi connectivity index (χ3n) is 1.13. The number of rotatable bonds is 0. The third-order valence-corrected chi connectivity index (χ3v) is 1.13. The summed E-state index contributed by atoms with van der Waals surface area (Å²) in [4.78, 5) is 7.57. The molecule has 0 spiro atoms. The molecule has 2 nitrogen and oxygen atoms in total. The summed E-state index contributed by atoms with van der Waals surface area (Å²) in [5.41, 5.74) is 0. The van der Waals surface area contributed by atoms with Crippen molar-refractivity contribution >= 4 is 0 Å². The van der Waals surface area contributed by atoms with Gasteiger partial charge in [-0.2, -0.15) is 0 Å². The van der Waals surface area contributed by atoms with Gasteiger partial charge in [0.15, 0.2) is 0 Å². The van der Waals surface area contributed by atoms with Crippen LogP contribution in [0.2, 0.25) is 0 Å². The van der Waals surface area contributed by atoms with Gasteiger partial charge in [-0.15, -0.1) is 0 Å². The maximum Gasteiger partial charge on any atom is 1.00 e. The standard InChI is InChI=1S/2C5H5N.ClH.Cu/c2*1-2-4-6-5-3-1;;/h2*1-5H;1H;/q;;;+1/p-1. The van der Waals surface area contributed by atoms with Gasteiger partial charge >= 0.3 is 17.1 Å². The summed E-state index contributed by atoms with van der Waals surface area (Å²) in [5.74, 6) is 0. The molecule has 0 aromatic carbocycles. The Hall–Kier alpha value is -0.891. The first-order chi connectivity index (χ1) is 6.00. The number of aromatic nitrogens is 2. The van der Waals surface area contributed by atoms with Crippen LogP contribution in [0.5, 0.6) is 0 Å². The van der Waals surface area contributed by atoms with Gasteiger partial charge in [0.25, 0.3) is 0 Å². The molecule has 0 saturated carbocycles. The second-order valence-corrected chi connectivity index (χ2v) is 2.05. The smallest absolute Gasteiger partial charge is 1.00 e. The van der Waals surface area contributed by atoms with Gasteiger partial charge in [-0.3, -0.25) is 9.97 Å². The zero-order valence-corrected chi connectivity index (χ0v) is 9.04. The molecular weight excluding hydrogens is 247 g/mol. The summed E-state index contributed by atoms with van der Waals surface area (Å²) in [6, 6.07) is 11.4. The van der Waals surface area contributed by atoms with Gasteiger partial charge in [-0.1, -0.05) is 12.1 Å². The van der Waals surface area contributed by atoms with E-state index in [2.05, 4.69) is 9.97 Å². The molecule has 0 amide bonds. The van der Waals surface area contributed by atoms with Crippen molar-refractivity contribution in [2.75, 3.05) is 0 Å². The zero-order chi connectivity index (χ0) is 8.49. The molecule has 0 aliphatic carbocycles. The molecule has 0 saturated heterocycles. The van der Waals surface area contributed by atoms with E-state index in [4.69, 9.17) is 0 Å². The van der Waals surface area contributed by atoms with Crippen molar-refractivity contribution in [1.82, 2.24) is 9.97 Å². The van der Waals surface area contributed by atoms with Crippen molar-refractivity contribution < 1.29 is 29.5 Å². The largest absolute Gasteiger partial charge is 1.00 e. The van der Waals surface area contributed by atoms with Crippen molar-refractivity contribution in [2.45, 2.75) is 0 Å². The average Bonchev–Trinajstić information content (AvgIpc) is 2.24. The van der Waals surface area contributed by atoms with Gasteiger partial charge in [-0.05, 0) is 24.3 Å². The van der Waals surface area contributed by atoms with Crippen LogP contribution in [0.3, 0.4) is 0 Å². The molecule has 4 heteroatoms. The van der Waals surface area contributed by atoms with E-state index >= 15 is 0 Å². The van der Waals surface area contributed by atoms with E-state index in [1.165, 1.54) is 0 Å². The van der Waals surface area contributed by atoms with Crippen molar-refractivity contribution in [1.29, 1.82) is 0 Å². The minimum absolute atomic E-state index is 0. The number of nitrogens with zero attached hydrogens (tertiary/aromatic N) is 2. The van der Waals surface area contributed by atoms with Crippen molar-refractivity contribution in [3.63, 3.8) is 0 Å². The maximum absolute atomic E-state index is 3.78. The van der Waals surface area contributed by atoms with Crippen LogP contribution in [0.15, 0.2) is 61.2 Å². The SMILES string of the molecule is [Cl-].[Cu+].c1ccncc1.c1ccncc1. The molecule has 0 unspecified atom stereocenters. The normalized spacial score (nSPS) is 6.86. The fraction of sp³-hybridized carbons (Fsp3) is 0. The van der Waals surface area contributed by atoms with E-state index in [1.54, 1.807) is 24.8 Å². The average molecular weight is 257 g/mol. The summed E-state index contributed by atoms with van der Waals surface area (Å²) in [7, 11) is 0. The summed E-state index contributed by atoms with van der Waals surface area (Å²) in [6.45, 7) is 0. The summed E-state index contributed by atoms with van der Waals surface area (Å²) < 4.78 is 0. The Morgan fingerprint density at radius 3 is 0.857 bits per heavy atom. The predicted molar refractivity (Wildman–Crippen MR) is 48.5 cm³/mol. The minimum atomic E-state index is 0. The summed E-state index contributed by atoms with van der Waals surface area (Å²) in [5, 5.41) is 0. The molecule has 0 aliphatic heterocycles. The zero-order valence-electron chi connectivity index (χ0n) is 7.35. The van der Waals surface area contributed by atoms with E-state index in [9.17, 15) is 0 Å². The van der Waals surface area contributed by atoms with Crippen LogP contribution >= 0.6 is 0 Å². The number of hydrogen-bond acceptors (Lipinski definition) is 2. The Morgan fingerprint density at radius 2 is 0.786 bits per heavy atom. The van der Waals surface area contributed by atoms with Crippen LogP contribution < -0.4 is 12.4 Å². The van der Waals surface area contributed by atoms with Gasteiger partial charge in [-0.25, -0.2) is 0 Å². The van der Waals surface area contributed by atoms with E-state index in [1.807, 2.05) is 36.4 Å². The summed E-state index contributed by atoms with van der Waals surface area (Å²) >= 11 is 0. The van der Waals surface area contributed by atoms with Crippen LogP contribution in [0.1, 0.15) is 0 Å². The Bertz CT molecular complexity index is 194. The van der Waals surface area contributed by atoms with E-state index < -0.39 is 0 Å². The van der Waals surface area contributed by atoms with Crippen LogP contribution in [0, 0.1) is 0 Å². The first kappa shape index (κ1) is 15.6. The second kappa shape index (κ2) is 12.1. The molecule has 0 fully saturated rings. The quantitative estimate of drug-likeness (QED) is 0.575. The fourth-order valence-corrected chi connectivity index (χ4v) is 0.625. The van der Waals surface area contributed by atoms with Crippen molar-refractivity contribution in [3.8, 4) is 0 Å². The monoisotopic (exact) mass is 256 g/mol. The maximum atomic E-state index is 3.78. The molecule has 0 radical (unpaired) electrons. The number of pyridine rings is 2. The number of hydrogen-bond donors (Lipinski definition) is 0. The molecule has 0 atom stereocenters. The third kappa shape index (κ3) is 9.20. The number of halogens is 1. The molecule has 0 N–H and O–H groups in total. The predicted octanol–water partition coefficient (Wildman–Crippen LogP) is -0.835. The minimum Gasteiger partial charge on any atom is -1.00 e. The molecular formula is C10H10ClCuN2. The van der Waals surface area contributed by atoms with E-state index in [-0.39, 0.29) is 29.5 Å². The fourth-order valence-electron chi connectivity index (χ4n) is 0.625. The van der Waals surface area contributed by atoms with Gasteiger partial charge in [0, 0.05) is 24.8 Å². The molecule has 2 rings (SSSR count). The molecule has 2 heterocycles. The van der Waals surface area contributed by atoms with Crippen molar-refractivity contribution in [3.05, 3.63) is 61.2 Å². The molecule has 78 valence electrons. The Kier molecular flexibility index (Phi) is 13.5. The second-order valence-electron chi connectivity index (χ2n) is 2.05. The first-order valence-electron chi connectivity index (χ1n) is 3.70. The van der Waals surface area contributed by atoms with Crippen LogP contribution in [0.4, 0.5) is 0 Å². The van der Waals surface area contributed by atoms with E-state index in [0.717, 1.165) is 0 Å². The molecule has 14 heavy (non-hydrogen) atoms. The van der Waals surface area contributed by atoms with Gasteiger partial charge in [0.2, 0.25) is 0 Å². The topological polar surface area (TPSA) is 25.8 Å². The van der Waals surface area contributed by atoms with Gasteiger partial charge in [0.05, 0.1) is 0 Å². The van der Waals surface area contributed by atoms with E-state index in [0.29, 0.717) is 0 Å². The van der Waals surface area contributed by atoms with Crippen molar-refractivity contribution in [2.24, 2.45) is 0 Å². The Labute approximate surface area is 101 Å². The molecule has 2 aromatic rings. The Morgan fingerprint density at radius 1 is 0.500 bits per heavy atom. The first-order valence-corrected chi connectivity index (χ1v) is 3.70. The molecule has 0 bridgehead atoms.